The highest BCUT2D eigenvalue weighted by Crippen LogP contribution is 2.32. The molecule has 0 unspecified atom stereocenters. The summed E-state index contributed by atoms with van der Waals surface area (Å²) in [5.74, 6) is 1.23. The molecule has 0 spiro atoms. The number of fused-ring (bicyclic) bond motifs is 1. The van der Waals surface area contributed by atoms with Gasteiger partial charge in [-0.05, 0) is 24.3 Å². The second kappa shape index (κ2) is 9.67. The predicted molar refractivity (Wildman–Crippen MR) is 124 cm³/mol. The van der Waals surface area contributed by atoms with Crippen LogP contribution in [-0.2, 0) is 9.53 Å². The Balaban J connectivity index is 1.37. The van der Waals surface area contributed by atoms with Crippen molar-refractivity contribution < 1.29 is 19.4 Å². The number of aliphatic hydroxyl groups is 1. The van der Waals surface area contributed by atoms with Gasteiger partial charge in [0.2, 0.25) is 5.91 Å². The molecule has 2 aliphatic heterocycles. The molecule has 176 valence electrons. The molecular weight excluding hydrogens is 436 g/mol. The van der Waals surface area contributed by atoms with Crippen LogP contribution in [0, 0.1) is 11.3 Å². The first-order chi connectivity index (χ1) is 16.7. The number of nitrogens with zero attached hydrogens (tertiary/aromatic N) is 5. The van der Waals surface area contributed by atoms with E-state index in [1.807, 2.05) is 18.2 Å². The number of aliphatic hydroxyl groups excluding tert-OH is 1. The number of hydrogen-bond donors (Lipinski definition) is 2. The number of carbonyl (C=O) groups is 1. The fraction of sp³-hybridized carbons (Fsp3) is 0.417. The van der Waals surface area contributed by atoms with E-state index in [-0.39, 0.29) is 12.0 Å². The highest BCUT2D eigenvalue weighted by atomic mass is 16.5. The Morgan fingerprint density at radius 1 is 1.21 bits per heavy atom. The normalized spacial score (nSPS) is 17.1. The van der Waals surface area contributed by atoms with Gasteiger partial charge in [0, 0.05) is 50.0 Å². The first kappa shape index (κ1) is 22.1. The summed E-state index contributed by atoms with van der Waals surface area (Å²) in [6.07, 6.45) is 2.74. The van der Waals surface area contributed by atoms with Crippen molar-refractivity contribution in [3.05, 3.63) is 36.2 Å². The number of likely N-dealkylation sites (tertiary alicyclic amines) is 1. The van der Waals surface area contributed by atoms with Gasteiger partial charge in [-0.3, -0.25) is 4.79 Å². The molecule has 5 rings (SSSR count). The molecule has 0 aliphatic carbocycles. The fourth-order valence-electron chi connectivity index (χ4n) is 4.50. The van der Waals surface area contributed by atoms with E-state index < -0.39 is 6.61 Å². The maximum absolute atomic E-state index is 11.7. The van der Waals surface area contributed by atoms with E-state index in [9.17, 15) is 10.1 Å². The Hall–Kier alpha value is -3.68. The minimum absolute atomic E-state index is 0.0906. The second-order valence-corrected chi connectivity index (χ2v) is 8.42. The van der Waals surface area contributed by atoms with Crippen LogP contribution >= 0.6 is 0 Å². The van der Waals surface area contributed by atoms with E-state index >= 15 is 0 Å². The number of nitriles is 1. The molecule has 2 fully saturated rings. The van der Waals surface area contributed by atoms with E-state index in [1.165, 1.54) is 6.33 Å². The van der Waals surface area contributed by atoms with Gasteiger partial charge in [-0.1, -0.05) is 0 Å². The van der Waals surface area contributed by atoms with Crippen LogP contribution in [0.25, 0.3) is 22.3 Å². The van der Waals surface area contributed by atoms with Crippen molar-refractivity contribution in [2.45, 2.75) is 18.9 Å². The van der Waals surface area contributed by atoms with Gasteiger partial charge >= 0.3 is 0 Å². The van der Waals surface area contributed by atoms with Crippen LogP contribution in [-0.4, -0.2) is 83.0 Å². The standard InChI is InChI=1S/C24H26N6O4/c25-13-17-11-16(1-2-20(17)34-18-3-5-30(6-4-18)22(32)14-31)23-19-12-21(28-24(19)27-15-26-23)29-7-9-33-10-8-29/h1-2,11-12,15,18,31H,3-10,14H2,(H,26,27,28). The molecule has 10 nitrogen and oxygen atoms in total. The number of nitrogens with one attached hydrogen (secondary N) is 1. The Labute approximate surface area is 196 Å². The molecule has 2 saturated heterocycles. The van der Waals surface area contributed by atoms with Crippen LogP contribution in [0.4, 0.5) is 5.82 Å². The average molecular weight is 463 g/mol. The lowest BCUT2D eigenvalue weighted by Crippen LogP contribution is -2.42. The van der Waals surface area contributed by atoms with E-state index in [0.717, 1.165) is 41.2 Å². The second-order valence-electron chi connectivity index (χ2n) is 8.42. The summed E-state index contributed by atoms with van der Waals surface area (Å²) in [7, 11) is 0. The number of carbonyl (C=O) groups excluding carboxylic acids is 1. The number of rotatable bonds is 5. The summed E-state index contributed by atoms with van der Waals surface area (Å²) in [6, 6.07) is 9.80. The van der Waals surface area contributed by atoms with Crippen LogP contribution in [0.1, 0.15) is 18.4 Å². The van der Waals surface area contributed by atoms with Gasteiger partial charge in [0.25, 0.3) is 0 Å². The molecule has 0 bridgehead atoms. The zero-order valence-corrected chi connectivity index (χ0v) is 18.7. The lowest BCUT2D eigenvalue weighted by molar-refractivity contribution is -0.135. The Morgan fingerprint density at radius 2 is 2.00 bits per heavy atom. The molecule has 0 atom stereocenters. The van der Waals surface area contributed by atoms with E-state index in [2.05, 4.69) is 25.9 Å². The van der Waals surface area contributed by atoms with Gasteiger partial charge in [-0.2, -0.15) is 5.26 Å². The largest absolute Gasteiger partial charge is 0.489 e. The highest BCUT2D eigenvalue weighted by Gasteiger charge is 2.24. The number of ether oxygens (including phenoxy) is 2. The third-order valence-electron chi connectivity index (χ3n) is 6.36. The molecule has 1 aromatic carbocycles. The van der Waals surface area contributed by atoms with Crippen LogP contribution in [0.15, 0.2) is 30.6 Å². The molecule has 2 aliphatic rings. The number of anilines is 1. The van der Waals surface area contributed by atoms with Gasteiger partial charge in [0.05, 0.1) is 24.5 Å². The molecule has 34 heavy (non-hydrogen) atoms. The van der Waals surface area contributed by atoms with Crippen molar-refractivity contribution in [3.63, 3.8) is 0 Å². The summed E-state index contributed by atoms with van der Waals surface area (Å²) in [6.45, 7) is 3.59. The van der Waals surface area contributed by atoms with Gasteiger partial charge in [0.15, 0.2) is 0 Å². The quantitative estimate of drug-likeness (QED) is 0.586. The fourth-order valence-corrected chi connectivity index (χ4v) is 4.50. The first-order valence-electron chi connectivity index (χ1n) is 11.4. The Morgan fingerprint density at radius 3 is 2.74 bits per heavy atom. The van der Waals surface area contributed by atoms with E-state index in [4.69, 9.17) is 14.6 Å². The molecular formula is C24H26N6O4. The zero-order valence-electron chi connectivity index (χ0n) is 18.7. The van der Waals surface area contributed by atoms with Crippen molar-refractivity contribution in [2.24, 2.45) is 0 Å². The van der Waals surface area contributed by atoms with Gasteiger partial charge < -0.3 is 29.4 Å². The molecule has 4 heterocycles. The Kier molecular flexibility index (Phi) is 6.29. The molecule has 3 aromatic rings. The third-order valence-corrected chi connectivity index (χ3v) is 6.36. The Bertz CT molecular complexity index is 1220. The summed E-state index contributed by atoms with van der Waals surface area (Å²) < 4.78 is 11.6. The molecule has 2 aromatic heterocycles. The zero-order chi connectivity index (χ0) is 23.5. The van der Waals surface area contributed by atoms with Crippen molar-refractivity contribution >= 4 is 22.8 Å². The van der Waals surface area contributed by atoms with Gasteiger partial charge in [0.1, 0.15) is 42.3 Å². The maximum Gasteiger partial charge on any atom is 0.248 e. The SMILES string of the molecule is N#Cc1cc(-c2ncnc3[nH]c(N4CCOCC4)cc23)ccc1OC1CCN(C(=O)CO)CC1. The van der Waals surface area contributed by atoms with Crippen LogP contribution in [0.5, 0.6) is 5.75 Å². The number of H-pyrrole nitrogens is 1. The maximum atomic E-state index is 11.7. The number of aromatic nitrogens is 3. The molecule has 0 radical (unpaired) electrons. The summed E-state index contributed by atoms with van der Waals surface area (Å²) in [5, 5.41) is 19.7. The minimum atomic E-state index is -0.475. The lowest BCUT2D eigenvalue weighted by atomic mass is 10.0. The summed E-state index contributed by atoms with van der Waals surface area (Å²) in [4.78, 5) is 27.8. The van der Waals surface area contributed by atoms with Gasteiger partial charge in [-0.15, -0.1) is 0 Å². The smallest absolute Gasteiger partial charge is 0.248 e. The third kappa shape index (κ3) is 4.40. The number of hydrogen-bond acceptors (Lipinski definition) is 8. The number of aromatic amines is 1. The van der Waals surface area contributed by atoms with E-state index in [1.54, 1.807) is 11.0 Å². The van der Waals surface area contributed by atoms with Crippen molar-refractivity contribution in [1.82, 2.24) is 19.9 Å². The van der Waals surface area contributed by atoms with Crippen molar-refractivity contribution in [3.8, 4) is 23.1 Å². The van der Waals surface area contributed by atoms with Crippen LogP contribution in [0.2, 0.25) is 0 Å². The van der Waals surface area contributed by atoms with Crippen molar-refractivity contribution in [1.29, 1.82) is 5.26 Å². The predicted octanol–water partition coefficient (Wildman–Crippen LogP) is 1.70. The van der Waals surface area contributed by atoms with Gasteiger partial charge in [-0.25, -0.2) is 9.97 Å². The molecule has 10 heteroatoms. The molecule has 0 saturated carbocycles. The first-order valence-corrected chi connectivity index (χ1v) is 11.4. The minimum Gasteiger partial charge on any atom is -0.489 e. The molecule has 1 amide bonds. The summed E-state index contributed by atoms with van der Waals surface area (Å²) in [5.41, 5.74) is 2.74. The highest BCUT2D eigenvalue weighted by molar-refractivity contribution is 5.93. The lowest BCUT2D eigenvalue weighted by Gasteiger charge is -2.32. The number of piperidine rings is 1. The molecule has 2 N–H and O–H groups in total. The number of morpholine rings is 1. The van der Waals surface area contributed by atoms with Crippen LogP contribution in [0.3, 0.4) is 0 Å². The van der Waals surface area contributed by atoms with Crippen molar-refractivity contribution in [2.75, 3.05) is 50.9 Å². The number of amides is 1. The average Bonchev–Trinajstić information content (AvgIpc) is 3.34. The number of benzene rings is 1. The topological polar surface area (TPSA) is 128 Å². The van der Waals surface area contributed by atoms with Crippen LogP contribution < -0.4 is 9.64 Å². The summed E-state index contributed by atoms with van der Waals surface area (Å²) >= 11 is 0. The monoisotopic (exact) mass is 462 g/mol. The van der Waals surface area contributed by atoms with E-state index in [0.29, 0.717) is 50.5 Å².